The quantitative estimate of drug-likeness (QED) is 0.928. The van der Waals surface area contributed by atoms with Crippen LogP contribution in [0.1, 0.15) is 30.8 Å². The second-order valence-corrected chi connectivity index (χ2v) is 5.76. The Balaban J connectivity index is 2.17. The third-order valence-corrected chi connectivity index (χ3v) is 3.64. The van der Waals surface area contributed by atoms with Gasteiger partial charge in [0.1, 0.15) is 5.69 Å². The predicted molar refractivity (Wildman–Crippen MR) is 75.8 cm³/mol. The molecule has 0 bridgehead atoms. The third kappa shape index (κ3) is 2.95. The summed E-state index contributed by atoms with van der Waals surface area (Å²) in [4.78, 5) is 14.5. The lowest BCUT2D eigenvalue weighted by atomic mass is 10.2. The van der Waals surface area contributed by atoms with E-state index in [9.17, 15) is 4.79 Å². The fourth-order valence-corrected chi connectivity index (χ4v) is 2.82. The summed E-state index contributed by atoms with van der Waals surface area (Å²) in [5.74, 6) is 0.141. The molecule has 0 radical (unpaired) electrons. The van der Waals surface area contributed by atoms with Crippen molar-refractivity contribution in [2.24, 2.45) is 0 Å². The molecule has 4 nitrogen and oxygen atoms in total. The maximum Gasteiger partial charge on any atom is 0.270 e. The lowest BCUT2D eigenvalue weighted by Crippen LogP contribution is -2.51. The summed E-state index contributed by atoms with van der Waals surface area (Å²) >= 11 is 3.45. The van der Waals surface area contributed by atoms with Gasteiger partial charge in [-0.2, -0.15) is 0 Å². The maximum atomic E-state index is 12.5. The molecule has 1 atom stereocenters. The van der Waals surface area contributed by atoms with E-state index < -0.39 is 0 Å². The molecule has 1 aromatic heterocycles. The molecule has 0 saturated carbocycles. The van der Waals surface area contributed by atoms with Gasteiger partial charge < -0.3 is 14.8 Å². The number of carbonyl (C=O) groups excluding carboxylic acids is 1. The van der Waals surface area contributed by atoms with Gasteiger partial charge in [0.25, 0.3) is 5.91 Å². The highest BCUT2D eigenvalue weighted by Gasteiger charge is 2.24. The average molecular weight is 314 g/mol. The van der Waals surface area contributed by atoms with Gasteiger partial charge in [-0.25, -0.2) is 0 Å². The summed E-state index contributed by atoms with van der Waals surface area (Å²) < 4.78 is 3.02. The number of hydrogen-bond donors (Lipinski definition) is 1. The van der Waals surface area contributed by atoms with E-state index in [0.717, 1.165) is 42.8 Å². The van der Waals surface area contributed by atoms with Crippen molar-refractivity contribution >= 4 is 21.8 Å². The highest BCUT2D eigenvalue weighted by molar-refractivity contribution is 9.10. The largest absolute Gasteiger partial charge is 0.342 e. The van der Waals surface area contributed by atoms with E-state index in [1.54, 1.807) is 0 Å². The molecule has 0 aromatic carbocycles. The van der Waals surface area contributed by atoms with Crippen LogP contribution in [0.2, 0.25) is 0 Å². The van der Waals surface area contributed by atoms with Crippen LogP contribution in [0.25, 0.3) is 0 Å². The van der Waals surface area contributed by atoms with Crippen molar-refractivity contribution in [1.29, 1.82) is 0 Å². The molecule has 0 spiro atoms. The fourth-order valence-electron chi connectivity index (χ4n) is 2.36. The number of nitrogens with one attached hydrogen (secondary N) is 1. The van der Waals surface area contributed by atoms with Gasteiger partial charge in [-0.3, -0.25) is 4.79 Å². The Kier molecular flexibility index (Phi) is 4.45. The number of aromatic nitrogens is 1. The number of hydrogen-bond acceptors (Lipinski definition) is 2. The second kappa shape index (κ2) is 5.89. The molecule has 1 unspecified atom stereocenters. The Morgan fingerprint density at radius 1 is 1.61 bits per heavy atom. The minimum Gasteiger partial charge on any atom is -0.342 e. The summed E-state index contributed by atoms with van der Waals surface area (Å²) in [5, 5.41) is 3.35. The van der Waals surface area contributed by atoms with Gasteiger partial charge in [0.2, 0.25) is 0 Å². The molecule has 1 fully saturated rings. The Bertz CT molecular complexity index is 430. The topological polar surface area (TPSA) is 37.3 Å². The normalized spacial score (nSPS) is 20.2. The van der Waals surface area contributed by atoms with Gasteiger partial charge in [-0.05, 0) is 35.3 Å². The maximum absolute atomic E-state index is 12.5. The smallest absolute Gasteiger partial charge is 0.270 e. The van der Waals surface area contributed by atoms with E-state index >= 15 is 0 Å². The Morgan fingerprint density at radius 3 is 3.06 bits per heavy atom. The molecular weight excluding hydrogens is 294 g/mol. The van der Waals surface area contributed by atoms with Crippen molar-refractivity contribution in [3.05, 3.63) is 22.4 Å². The fraction of sp³-hybridized carbons (Fsp3) is 0.615. The predicted octanol–water partition coefficient (Wildman–Crippen LogP) is 2.09. The van der Waals surface area contributed by atoms with E-state index in [0.29, 0.717) is 6.04 Å². The van der Waals surface area contributed by atoms with E-state index in [1.807, 2.05) is 21.7 Å². The Labute approximate surface area is 116 Å². The monoisotopic (exact) mass is 313 g/mol. The van der Waals surface area contributed by atoms with Gasteiger partial charge in [0, 0.05) is 42.9 Å². The number of carbonyl (C=O) groups is 1. The minimum absolute atomic E-state index is 0.141. The molecule has 1 aromatic rings. The summed E-state index contributed by atoms with van der Waals surface area (Å²) in [6.07, 6.45) is 3.02. The van der Waals surface area contributed by atoms with Crippen molar-refractivity contribution in [3.63, 3.8) is 0 Å². The van der Waals surface area contributed by atoms with Gasteiger partial charge in [0.05, 0.1) is 0 Å². The van der Waals surface area contributed by atoms with Crippen LogP contribution in [0.3, 0.4) is 0 Å². The van der Waals surface area contributed by atoms with Crippen molar-refractivity contribution in [2.75, 3.05) is 19.6 Å². The summed E-state index contributed by atoms with van der Waals surface area (Å²) in [7, 11) is 0. The number of nitrogens with zero attached hydrogens (tertiary/aromatic N) is 2. The summed E-state index contributed by atoms with van der Waals surface area (Å²) in [5.41, 5.74) is 0.790. The van der Waals surface area contributed by atoms with E-state index in [2.05, 4.69) is 35.1 Å². The van der Waals surface area contributed by atoms with Crippen molar-refractivity contribution in [1.82, 2.24) is 14.8 Å². The Hall–Kier alpha value is -0.810. The SMILES string of the molecule is CCCn1cc(Br)cc1C(=O)N1CCNC(C)C1. The van der Waals surface area contributed by atoms with Gasteiger partial charge in [-0.1, -0.05) is 6.92 Å². The zero-order chi connectivity index (χ0) is 13.1. The molecule has 0 aliphatic carbocycles. The number of halogens is 1. The highest BCUT2D eigenvalue weighted by atomic mass is 79.9. The van der Waals surface area contributed by atoms with Crippen molar-refractivity contribution in [3.8, 4) is 0 Å². The minimum atomic E-state index is 0.141. The van der Waals surface area contributed by atoms with Crippen LogP contribution in [0.5, 0.6) is 0 Å². The first-order valence-corrected chi connectivity index (χ1v) is 7.29. The number of rotatable bonds is 3. The molecule has 5 heteroatoms. The molecule has 2 rings (SSSR count). The van der Waals surface area contributed by atoms with Crippen LogP contribution in [0, 0.1) is 0 Å². The number of aryl methyl sites for hydroxylation is 1. The van der Waals surface area contributed by atoms with Crippen LogP contribution >= 0.6 is 15.9 Å². The zero-order valence-corrected chi connectivity index (χ0v) is 12.5. The van der Waals surface area contributed by atoms with Crippen LogP contribution in [0.4, 0.5) is 0 Å². The number of piperazine rings is 1. The Morgan fingerprint density at radius 2 is 2.39 bits per heavy atom. The first-order chi connectivity index (χ1) is 8.61. The van der Waals surface area contributed by atoms with Gasteiger partial charge in [0.15, 0.2) is 0 Å². The number of amides is 1. The highest BCUT2D eigenvalue weighted by Crippen LogP contribution is 2.18. The van der Waals surface area contributed by atoms with Crippen molar-refractivity contribution in [2.45, 2.75) is 32.9 Å². The van der Waals surface area contributed by atoms with E-state index in [4.69, 9.17) is 0 Å². The first kappa shape index (κ1) is 13.6. The van der Waals surface area contributed by atoms with Crippen LogP contribution in [0.15, 0.2) is 16.7 Å². The van der Waals surface area contributed by atoms with E-state index in [-0.39, 0.29) is 5.91 Å². The average Bonchev–Trinajstić information content (AvgIpc) is 2.70. The first-order valence-electron chi connectivity index (χ1n) is 6.50. The van der Waals surface area contributed by atoms with E-state index in [1.165, 1.54) is 0 Å². The zero-order valence-electron chi connectivity index (χ0n) is 10.9. The van der Waals surface area contributed by atoms with Gasteiger partial charge in [-0.15, -0.1) is 0 Å². The van der Waals surface area contributed by atoms with Gasteiger partial charge >= 0.3 is 0 Å². The third-order valence-electron chi connectivity index (χ3n) is 3.20. The standard InChI is InChI=1S/C13H20BrN3O/c1-3-5-16-9-11(14)7-12(16)13(18)17-6-4-15-10(2)8-17/h7,9-10,15H,3-6,8H2,1-2H3. The molecule has 2 heterocycles. The lowest BCUT2D eigenvalue weighted by Gasteiger charge is -2.32. The van der Waals surface area contributed by atoms with Crippen LogP contribution in [-0.4, -0.2) is 41.1 Å². The summed E-state index contributed by atoms with van der Waals surface area (Å²) in [6, 6.07) is 2.30. The second-order valence-electron chi connectivity index (χ2n) is 4.84. The van der Waals surface area contributed by atoms with Crippen molar-refractivity contribution < 1.29 is 4.79 Å². The molecular formula is C13H20BrN3O. The lowest BCUT2D eigenvalue weighted by molar-refractivity contribution is 0.0698. The summed E-state index contributed by atoms with van der Waals surface area (Å²) in [6.45, 7) is 7.57. The molecule has 1 aliphatic rings. The molecule has 1 N–H and O–H groups in total. The van der Waals surface area contributed by atoms with Crippen LogP contribution < -0.4 is 5.32 Å². The molecule has 100 valence electrons. The van der Waals surface area contributed by atoms with Crippen LogP contribution in [-0.2, 0) is 6.54 Å². The molecule has 1 saturated heterocycles. The molecule has 1 aliphatic heterocycles. The molecule has 18 heavy (non-hydrogen) atoms. The molecule has 1 amide bonds.